The lowest BCUT2D eigenvalue weighted by Gasteiger charge is -2.17. The molecule has 26 heavy (non-hydrogen) atoms. The third-order valence-corrected chi connectivity index (χ3v) is 5.77. The van der Waals surface area contributed by atoms with Crippen LogP contribution in [0.4, 0.5) is 0 Å². The van der Waals surface area contributed by atoms with Gasteiger partial charge >= 0.3 is 0 Å². The van der Waals surface area contributed by atoms with Gasteiger partial charge in [0.05, 0.1) is 27.7 Å². The molecule has 0 bridgehead atoms. The Morgan fingerprint density at radius 3 is 2.81 bits per heavy atom. The van der Waals surface area contributed by atoms with Gasteiger partial charge in [0.25, 0.3) is 5.91 Å². The van der Waals surface area contributed by atoms with Crippen LogP contribution in [0.15, 0.2) is 47.4 Å². The van der Waals surface area contributed by atoms with Crippen molar-refractivity contribution >= 4 is 52.1 Å². The number of nitrogens with one attached hydrogen (secondary N) is 2. The molecule has 0 fully saturated rings. The van der Waals surface area contributed by atoms with E-state index in [4.69, 9.17) is 11.6 Å². The number of amides is 1. The molecule has 0 aliphatic heterocycles. The molecule has 4 nitrogen and oxygen atoms in total. The summed E-state index contributed by atoms with van der Waals surface area (Å²) in [6.07, 6.45) is 4.81. The van der Waals surface area contributed by atoms with Gasteiger partial charge in [-0.25, -0.2) is 4.98 Å². The molecule has 0 aliphatic carbocycles. The molecular weight excluding hydrogens is 386 g/mol. The molecule has 1 amide bonds. The number of nitrogens with zero attached hydrogens (tertiary/aromatic N) is 1. The lowest BCUT2D eigenvalue weighted by molar-refractivity contribution is 0.0934. The van der Waals surface area contributed by atoms with Gasteiger partial charge in [0.1, 0.15) is 5.82 Å². The van der Waals surface area contributed by atoms with Crippen molar-refractivity contribution < 1.29 is 4.79 Å². The van der Waals surface area contributed by atoms with Crippen LogP contribution in [0, 0.1) is 0 Å². The zero-order chi connectivity index (χ0) is 18.5. The van der Waals surface area contributed by atoms with Gasteiger partial charge in [-0.3, -0.25) is 4.79 Å². The number of halogens is 1. The van der Waals surface area contributed by atoms with Crippen molar-refractivity contribution in [1.82, 2.24) is 15.3 Å². The van der Waals surface area contributed by atoms with Gasteiger partial charge in [-0.05, 0) is 55.0 Å². The molecule has 0 aliphatic rings. The summed E-state index contributed by atoms with van der Waals surface area (Å²) in [5, 5.41) is 3.55. The minimum atomic E-state index is -0.198. The van der Waals surface area contributed by atoms with Crippen molar-refractivity contribution in [2.75, 3.05) is 18.3 Å². The lowest BCUT2D eigenvalue weighted by atomic mass is 10.1. The van der Waals surface area contributed by atoms with Crippen molar-refractivity contribution in [3.05, 3.63) is 58.9 Å². The highest BCUT2D eigenvalue weighted by molar-refractivity contribution is 7.98. The second kappa shape index (κ2) is 8.84. The molecule has 0 spiro atoms. The Hall–Kier alpha value is -1.63. The van der Waals surface area contributed by atoms with Crippen LogP contribution in [0.1, 0.15) is 28.6 Å². The van der Waals surface area contributed by atoms with E-state index >= 15 is 0 Å². The maximum Gasteiger partial charge on any atom is 0.253 e. The van der Waals surface area contributed by atoms with Crippen LogP contribution < -0.4 is 5.32 Å². The summed E-state index contributed by atoms with van der Waals surface area (Å²) in [5.74, 6) is 1.50. The Labute approximate surface area is 166 Å². The van der Waals surface area contributed by atoms with Crippen LogP contribution >= 0.6 is 35.1 Å². The SMILES string of the molecule is CSCCC(NC(=O)c1cc(SC)ccc1Cl)c1nc2ccccc2[nH]1. The Morgan fingerprint density at radius 2 is 2.08 bits per heavy atom. The molecule has 3 rings (SSSR count). The fraction of sp³-hybridized carbons (Fsp3) is 0.263. The molecule has 0 saturated carbocycles. The number of fused-ring (bicyclic) bond motifs is 1. The molecule has 136 valence electrons. The first-order valence-corrected chi connectivity index (χ1v) is 11.2. The lowest BCUT2D eigenvalue weighted by Crippen LogP contribution is -2.30. The molecule has 0 radical (unpaired) electrons. The molecule has 1 aromatic heterocycles. The van der Waals surface area contributed by atoms with E-state index in [0.717, 1.165) is 33.9 Å². The normalized spacial score (nSPS) is 12.3. The highest BCUT2D eigenvalue weighted by Crippen LogP contribution is 2.25. The van der Waals surface area contributed by atoms with Gasteiger partial charge in [-0.1, -0.05) is 23.7 Å². The third-order valence-electron chi connectivity index (χ3n) is 4.07. The van der Waals surface area contributed by atoms with Gasteiger partial charge < -0.3 is 10.3 Å². The van der Waals surface area contributed by atoms with Crippen LogP contribution in [0.3, 0.4) is 0 Å². The van der Waals surface area contributed by atoms with Crippen molar-refractivity contribution in [2.45, 2.75) is 17.4 Å². The monoisotopic (exact) mass is 405 g/mol. The van der Waals surface area contributed by atoms with Crippen LogP contribution in [0.25, 0.3) is 11.0 Å². The summed E-state index contributed by atoms with van der Waals surface area (Å²) in [6, 6.07) is 13.2. The maximum absolute atomic E-state index is 12.8. The Bertz CT molecular complexity index is 880. The smallest absolute Gasteiger partial charge is 0.253 e. The van der Waals surface area contributed by atoms with E-state index < -0.39 is 0 Å². The molecule has 2 N–H and O–H groups in total. The number of H-pyrrole nitrogens is 1. The van der Waals surface area contributed by atoms with Crippen molar-refractivity contribution in [3.63, 3.8) is 0 Å². The third kappa shape index (κ3) is 4.37. The summed E-state index contributed by atoms with van der Waals surface area (Å²) in [4.78, 5) is 21.8. The molecule has 7 heteroatoms. The number of hydrogen-bond acceptors (Lipinski definition) is 4. The van der Waals surface area contributed by atoms with Crippen LogP contribution in [0.2, 0.25) is 5.02 Å². The standard InChI is InChI=1S/C19H20ClN3OS2/c1-25-10-9-17(18-21-15-5-3-4-6-16(15)22-18)23-19(24)13-11-12(26-2)7-8-14(13)20/h3-8,11,17H,9-10H2,1-2H3,(H,21,22)(H,23,24). The highest BCUT2D eigenvalue weighted by Gasteiger charge is 2.20. The minimum absolute atomic E-state index is 0.183. The zero-order valence-corrected chi connectivity index (χ0v) is 17.0. The molecule has 2 aromatic carbocycles. The molecule has 1 heterocycles. The summed E-state index contributed by atoms with van der Waals surface area (Å²) >= 11 is 9.57. The number of imidazole rings is 1. The summed E-state index contributed by atoms with van der Waals surface area (Å²) in [7, 11) is 0. The number of hydrogen-bond donors (Lipinski definition) is 2. The van der Waals surface area contributed by atoms with Gasteiger partial charge in [-0.15, -0.1) is 11.8 Å². The summed E-state index contributed by atoms with van der Waals surface area (Å²) < 4.78 is 0. The van der Waals surface area contributed by atoms with E-state index in [1.54, 1.807) is 29.6 Å². The molecule has 1 unspecified atom stereocenters. The quantitative estimate of drug-likeness (QED) is 0.533. The Kier molecular flexibility index (Phi) is 6.51. The van der Waals surface area contributed by atoms with Gasteiger partial charge in [0, 0.05) is 4.90 Å². The second-order valence-electron chi connectivity index (χ2n) is 5.79. The van der Waals surface area contributed by atoms with E-state index in [0.29, 0.717) is 10.6 Å². The zero-order valence-electron chi connectivity index (χ0n) is 14.6. The predicted molar refractivity (Wildman–Crippen MR) is 113 cm³/mol. The topological polar surface area (TPSA) is 57.8 Å². The van der Waals surface area contributed by atoms with Crippen LogP contribution in [0.5, 0.6) is 0 Å². The molecular formula is C19H20ClN3OS2. The first-order valence-electron chi connectivity index (χ1n) is 8.20. The summed E-state index contributed by atoms with van der Waals surface area (Å²) in [6.45, 7) is 0. The number of aromatic nitrogens is 2. The first kappa shape index (κ1) is 19.1. The van der Waals surface area contributed by atoms with Crippen LogP contribution in [-0.4, -0.2) is 34.1 Å². The van der Waals surface area contributed by atoms with E-state index in [-0.39, 0.29) is 11.9 Å². The summed E-state index contributed by atoms with van der Waals surface area (Å²) in [5.41, 5.74) is 2.35. The van der Waals surface area contributed by atoms with Crippen molar-refractivity contribution in [3.8, 4) is 0 Å². The average molecular weight is 406 g/mol. The number of carbonyl (C=O) groups excluding carboxylic acids is 1. The fourth-order valence-corrected chi connectivity index (χ4v) is 3.81. The van der Waals surface area contributed by atoms with E-state index in [1.165, 1.54) is 0 Å². The van der Waals surface area contributed by atoms with Crippen molar-refractivity contribution in [2.24, 2.45) is 0 Å². The number of thioether (sulfide) groups is 2. The molecule has 1 atom stereocenters. The first-order chi connectivity index (χ1) is 12.6. The second-order valence-corrected chi connectivity index (χ2v) is 8.06. The predicted octanol–water partition coefficient (Wildman–Crippen LogP) is 5.16. The van der Waals surface area contributed by atoms with Crippen molar-refractivity contribution in [1.29, 1.82) is 0 Å². The highest BCUT2D eigenvalue weighted by atomic mass is 35.5. The largest absolute Gasteiger partial charge is 0.342 e. The number of benzene rings is 2. The number of para-hydroxylation sites is 2. The van der Waals surface area contributed by atoms with Gasteiger partial charge in [0.2, 0.25) is 0 Å². The Balaban J connectivity index is 1.87. The Morgan fingerprint density at radius 1 is 1.27 bits per heavy atom. The van der Waals surface area contributed by atoms with E-state index in [9.17, 15) is 4.79 Å². The fourth-order valence-electron chi connectivity index (χ4n) is 2.69. The number of aromatic amines is 1. The van der Waals surface area contributed by atoms with Crippen LogP contribution in [-0.2, 0) is 0 Å². The molecule has 0 saturated heterocycles. The average Bonchev–Trinajstić information content (AvgIpc) is 3.09. The number of rotatable bonds is 7. The maximum atomic E-state index is 12.8. The van der Waals surface area contributed by atoms with E-state index in [2.05, 4.69) is 21.5 Å². The molecule has 3 aromatic rings. The van der Waals surface area contributed by atoms with Gasteiger partial charge in [0.15, 0.2) is 0 Å². The minimum Gasteiger partial charge on any atom is -0.342 e. The number of carbonyl (C=O) groups is 1. The van der Waals surface area contributed by atoms with Gasteiger partial charge in [-0.2, -0.15) is 11.8 Å². The van der Waals surface area contributed by atoms with E-state index in [1.807, 2.05) is 42.7 Å².